The van der Waals surface area contributed by atoms with Crippen LogP contribution < -0.4 is 14.9 Å². The van der Waals surface area contributed by atoms with Crippen LogP contribution in [0, 0.1) is 6.92 Å². The Morgan fingerprint density at radius 1 is 1.24 bits per heavy atom. The van der Waals surface area contributed by atoms with Crippen molar-refractivity contribution >= 4 is 33.1 Å². The minimum Gasteiger partial charge on any atom is -0.484 e. The average Bonchev–Trinajstić information content (AvgIpc) is 2.88. The van der Waals surface area contributed by atoms with E-state index in [1.165, 1.54) is 11.3 Å². The van der Waals surface area contributed by atoms with Crippen LogP contribution in [-0.4, -0.2) is 17.1 Å². The lowest BCUT2D eigenvalue weighted by atomic mass is 10.2. The van der Waals surface area contributed by atoms with E-state index < -0.39 is 0 Å². The van der Waals surface area contributed by atoms with Crippen LogP contribution in [0.15, 0.2) is 47.3 Å². The molecule has 1 heterocycles. The largest absolute Gasteiger partial charge is 0.484 e. The first-order valence-corrected chi connectivity index (χ1v) is 8.90. The second kappa shape index (κ2) is 7.11. The van der Waals surface area contributed by atoms with E-state index in [1.54, 1.807) is 10.6 Å². The molecule has 0 aliphatic carbocycles. The Bertz CT molecular complexity index is 972. The molecule has 0 bridgehead atoms. The highest BCUT2D eigenvalue weighted by atomic mass is 32.1. The van der Waals surface area contributed by atoms with Gasteiger partial charge in [0.05, 0.1) is 10.2 Å². The van der Waals surface area contributed by atoms with Gasteiger partial charge in [-0.15, -0.1) is 0 Å². The molecule has 3 rings (SSSR count). The van der Waals surface area contributed by atoms with E-state index in [0.29, 0.717) is 11.4 Å². The molecular formula is C19H20N2O3S. The summed E-state index contributed by atoms with van der Waals surface area (Å²) in [4.78, 5) is 24.2. The molecule has 130 valence electrons. The van der Waals surface area contributed by atoms with E-state index in [2.05, 4.69) is 5.32 Å². The van der Waals surface area contributed by atoms with Crippen LogP contribution in [0.1, 0.15) is 25.5 Å². The SMILES string of the molecule is Cc1cccc(OCC(=O)Nc2ccc3c(c2)sc(=O)n3C(C)C)c1. The summed E-state index contributed by atoms with van der Waals surface area (Å²) < 4.78 is 8.11. The van der Waals surface area contributed by atoms with Crippen LogP contribution in [0.3, 0.4) is 0 Å². The van der Waals surface area contributed by atoms with Gasteiger partial charge in [0.25, 0.3) is 5.91 Å². The highest BCUT2D eigenvalue weighted by Gasteiger charge is 2.11. The number of anilines is 1. The molecule has 0 unspecified atom stereocenters. The summed E-state index contributed by atoms with van der Waals surface area (Å²) in [5.74, 6) is 0.425. The van der Waals surface area contributed by atoms with E-state index in [-0.39, 0.29) is 23.4 Å². The number of hydrogen-bond donors (Lipinski definition) is 1. The number of carbonyl (C=O) groups excluding carboxylic acids is 1. The topological polar surface area (TPSA) is 60.3 Å². The summed E-state index contributed by atoms with van der Waals surface area (Å²) in [5.41, 5.74) is 2.62. The van der Waals surface area contributed by atoms with Gasteiger partial charge in [0.1, 0.15) is 5.75 Å². The summed E-state index contributed by atoms with van der Waals surface area (Å²) in [7, 11) is 0. The maximum absolute atomic E-state index is 12.1. The Balaban J connectivity index is 1.70. The Labute approximate surface area is 149 Å². The summed E-state index contributed by atoms with van der Waals surface area (Å²) >= 11 is 1.19. The second-order valence-electron chi connectivity index (χ2n) is 6.17. The lowest BCUT2D eigenvalue weighted by molar-refractivity contribution is -0.118. The Kier molecular flexibility index (Phi) is 4.90. The average molecular weight is 356 g/mol. The van der Waals surface area contributed by atoms with Gasteiger partial charge < -0.3 is 10.1 Å². The molecule has 0 spiro atoms. The maximum atomic E-state index is 12.1. The maximum Gasteiger partial charge on any atom is 0.308 e. The molecule has 1 N–H and O–H groups in total. The molecule has 1 amide bonds. The lowest BCUT2D eigenvalue weighted by Gasteiger charge is -2.09. The molecule has 0 saturated heterocycles. The first-order chi connectivity index (χ1) is 11.9. The van der Waals surface area contributed by atoms with Crippen molar-refractivity contribution < 1.29 is 9.53 Å². The molecule has 3 aromatic rings. The van der Waals surface area contributed by atoms with Gasteiger partial charge in [-0.3, -0.25) is 14.2 Å². The molecule has 2 aromatic carbocycles. The third-order valence-electron chi connectivity index (χ3n) is 3.77. The highest BCUT2D eigenvalue weighted by molar-refractivity contribution is 7.16. The number of nitrogens with one attached hydrogen (secondary N) is 1. The summed E-state index contributed by atoms with van der Waals surface area (Å²) in [6.45, 7) is 5.86. The molecule has 0 radical (unpaired) electrons. The molecule has 0 aliphatic rings. The van der Waals surface area contributed by atoms with Crippen LogP contribution in [0.5, 0.6) is 5.75 Å². The molecule has 25 heavy (non-hydrogen) atoms. The van der Waals surface area contributed by atoms with Crippen LogP contribution in [-0.2, 0) is 4.79 Å². The number of carbonyl (C=O) groups is 1. The van der Waals surface area contributed by atoms with Crippen LogP contribution in [0.4, 0.5) is 5.69 Å². The van der Waals surface area contributed by atoms with Gasteiger partial charge in [-0.05, 0) is 56.7 Å². The standard InChI is InChI=1S/C19H20N2O3S/c1-12(2)21-16-8-7-14(10-17(16)25-19(21)23)20-18(22)11-24-15-6-4-5-13(3)9-15/h4-10,12H,11H2,1-3H3,(H,20,22). The van der Waals surface area contributed by atoms with Gasteiger partial charge in [-0.25, -0.2) is 0 Å². The lowest BCUT2D eigenvalue weighted by Crippen LogP contribution is -2.20. The minimum atomic E-state index is -0.239. The summed E-state index contributed by atoms with van der Waals surface area (Å²) in [5, 5.41) is 2.81. The van der Waals surface area contributed by atoms with E-state index in [9.17, 15) is 9.59 Å². The normalized spacial score (nSPS) is 11.0. The van der Waals surface area contributed by atoms with Crippen LogP contribution >= 0.6 is 11.3 Å². The van der Waals surface area contributed by atoms with Gasteiger partial charge in [0.2, 0.25) is 0 Å². The smallest absolute Gasteiger partial charge is 0.308 e. The first kappa shape index (κ1) is 17.2. The third kappa shape index (κ3) is 3.91. The zero-order chi connectivity index (χ0) is 18.0. The van der Waals surface area contributed by atoms with Gasteiger partial charge in [0.15, 0.2) is 6.61 Å². The van der Waals surface area contributed by atoms with Crippen molar-refractivity contribution in [3.8, 4) is 5.75 Å². The number of benzene rings is 2. The first-order valence-electron chi connectivity index (χ1n) is 8.08. The molecule has 1 aromatic heterocycles. The van der Waals surface area contributed by atoms with Crippen molar-refractivity contribution in [2.45, 2.75) is 26.8 Å². The van der Waals surface area contributed by atoms with E-state index in [1.807, 2.05) is 57.2 Å². The van der Waals surface area contributed by atoms with E-state index in [4.69, 9.17) is 4.74 Å². The fourth-order valence-electron chi connectivity index (χ4n) is 2.65. The number of rotatable bonds is 5. The molecule has 0 fully saturated rings. The van der Waals surface area contributed by atoms with Crippen LogP contribution in [0.25, 0.3) is 10.2 Å². The zero-order valence-corrected chi connectivity index (χ0v) is 15.2. The van der Waals surface area contributed by atoms with Gasteiger partial charge in [-0.1, -0.05) is 23.5 Å². The Hall–Kier alpha value is -2.60. The molecular weight excluding hydrogens is 336 g/mol. The highest BCUT2D eigenvalue weighted by Crippen LogP contribution is 2.24. The number of aryl methyl sites for hydroxylation is 1. The van der Waals surface area contributed by atoms with Crippen molar-refractivity contribution in [3.05, 3.63) is 57.7 Å². The Morgan fingerprint density at radius 2 is 2.04 bits per heavy atom. The molecule has 5 nitrogen and oxygen atoms in total. The predicted octanol–water partition coefficient (Wildman–Crippen LogP) is 3.97. The van der Waals surface area contributed by atoms with Crippen molar-refractivity contribution in [1.82, 2.24) is 4.57 Å². The third-order valence-corrected chi connectivity index (χ3v) is 4.69. The van der Waals surface area contributed by atoms with Crippen molar-refractivity contribution in [1.29, 1.82) is 0 Å². The fraction of sp³-hybridized carbons (Fsp3) is 0.263. The number of nitrogens with zero attached hydrogens (tertiary/aromatic N) is 1. The second-order valence-corrected chi connectivity index (χ2v) is 7.16. The number of amides is 1. The quantitative estimate of drug-likeness (QED) is 0.752. The minimum absolute atomic E-state index is 0.0104. The fourth-order valence-corrected chi connectivity index (χ4v) is 3.71. The van der Waals surface area contributed by atoms with Crippen molar-refractivity contribution in [2.24, 2.45) is 0 Å². The van der Waals surface area contributed by atoms with Crippen LogP contribution in [0.2, 0.25) is 0 Å². The monoisotopic (exact) mass is 356 g/mol. The van der Waals surface area contributed by atoms with Gasteiger partial charge in [0, 0.05) is 11.7 Å². The predicted molar refractivity (Wildman–Crippen MR) is 102 cm³/mol. The van der Waals surface area contributed by atoms with Gasteiger partial charge in [-0.2, -0.15) is 0 Å². The van der Waals surface area contributed by atoms with Crippen molar-refractivity contribution in [3.63, 3.8) is 0 Å². The summed E-state index contributed by atoms with van der Waals surface area (Å²) in [6.07, 6.45) is 0. The number of aromatic nitrogens is 1. The summed E-state index contributed by atoms with van der Waals surface area (Å²) in [6, 6.07) is 13.1. The zero-order valence-electron chi connectivity index (χ0n) is 14.4. The number of ether oxygens (including phenoxy) is 1. The number of thiazole rings is 1. The van der Waals surface area contributed by atoms with E-state index in [0.717, 1.165) is 15.8 Å². The van der Waals surface area contributed by atoms with E-state index >= 15 is 0 Å². The van der Waals surface area contributed by atoms with Gasteiger partial charge >= 0.3 is 4.87 Å². The molecule has 6 heteroatoms. The van der Waals surface area contributed by atoms with Crippen molar-refractivity contribution in [2.75, 3.05) is 11.9 Å². The Morgan fingerprint density at radius 3 is 2.76 bits per heavy atom. The number of hydrogen-bond acceptors (Lipinski definition) is 4. The number of fused-ring (bicyclic) bond motifs is 1. The molecule has 0 aliphatic heterocycles. The molecule has 0 saturated carbocycles. The molecule has 0 atom stereocenters.